The first-order valence-electron chi connectivity index (χ1n) is 7.28. The quantitative estimate of drug-likeness (QED) is 0.903. The number of amides is 1. The van der Waals surface area contributed by atoms with Gasteiger partial charge in [0.25, 0.3) is 0 Å². The van der Waals surface area contributed by atoms with Gasteiger partial charge in [-0.15, -0.1) is 0 Å². The van der Waals surface area contributed by atoms with E-state index in [0.717, 1.165) is 41.6 Å². The van der Waals surface area contributed by atoms with Crippen LogP contribution in [0.5, 0.6) is 5.75 Å². The lowest BCUT2D eigenvalue weighted by molar-refractivity contribution is -0.133. The highest BCUT2D eigenvalue weighted by molar-refractivity contribution is 5.93. The Labute approximate surface area is 123 Å². The first-order chi connectivity index (χ1) is 10.2. The van der Waals surface area contributed by atoms with Crippen LogP contribution in [0.25, 0.3) is 10.9 Å². The van der Waals surface area contributed by atoms with Crippen molar-refractivity contribution in [3.8, 4) is 5.75 Å². The van der Waals surface area contributed by atoms with Gasteiger partial charge >= 0.3 is 0 Å². The molecule has 1 aromatic heterocycles. The highest BCUT2D eigenvalue weighted by Crippen LogP contribution is 2.29. The summed E-state index contributed by atoms with van der Waals surface area (Å²) >= 11 is 0. The van der Waals surface area contributed by atoms with Gasteiger partial charge in [-0.05, 0) is 30.5 Å². The molecule has 1 aliphatic rings. The van der Waals surface area contributed by atoms with Crippen LogP contribution in [0, 0.1) is 0 Å². The molecule has 0 radical (unpaired) electrons. The van der Waals surface area contributed by atoms with E-state index in [9.17, 15) is 9.90 Å². The fourth-order valence-electron chi connectivity index (χ4n) is 2.99. The van der Waals surface area contributed by atoms with Crippen LogP contribution in [0.15, 0.2) is 24.4 Å². The summed E-state index contributed by atoms with van der Waals surface area (Å²) in [5.41, 5.74) is 1.91. The number of fused-ring (bicyclic) bond motifs is 1. The van der Waals surface area contributed by atoms with Crippen LogP contribution >= 0.6 is 0 Å². The number of aliphatic hydroxyl groups is 1. The molecule has 5 nitrogen and oxygen atoms in total. The van der Waals surface area contributed by atoms with E-state index < -0.39 is 0 Å². The largest absolute Gasteiger partial charge is 0.496 e. The number of nitrogens with one attached hydrogen (secondary N) is 1. The smallest absolute Gasteiger partial charge is 0.227 e. The number of aromatic nitrogens is 1. The van der Waals surface area contributed by atoms with Crippen molar-refractivity contribution in [1.82, 2.24) is 9.88 Å². The van der Waals surface area contributed by atoms with Crippen LogP contribution in [0.2, 0.25) is 0 Å². The van der Waals surface area contributed by atoms with Gasteiger partial charge < -0.3 is 19.7 Å². The minimum absolute atomic E-state index is 0.0561. The summed E-state index contributed by atoms with van der Waals surface area (Å²) in [6.07, 6.45) is 3.45. The summed E-state index contributed by atoms with van der Waals surface area (Å²) in [4.78, 5) is 17.3. The number of ether oxygens (including phenoxy) is 1. The van der Waals surface area contributed by atoms with Crippen molar-refractivity contribution in [2.45, 2.75) is 25.4 Å². The van der Waals surface area contributed by atoms with Crippen LogP contribution in [0.1, 0.15) is 18.4 Å². The van der Waals surface area contributed by atoms with Crippen LogP contribution < -0.4 is 4.74 Å². The van der Waals surface area contributed by atoms with E-state index in [1.54, 1.807) is 12.0 Å². The zero-order chi connectivity index (χ0) is 14.8. The van der Waals surface area contributed by atoms with Gasteiger partial charge in [0.15, 0.2) is 0 Å². The summed E-state index contributed by atoms with van der Waals surface area (Å²) in [7, 11) is 1.63. The van der Waals surface area contributed by atoms with Crippen molar-refractivity contribution in [2.75, 3.05) is 20.2 Å². The highest BCUT2D eigenvalue weighted by Gasteiger charge is 2.23. The van der Waals surface area contributed by atoms with Crippen LogP contribution in [-0.4, -0.2) is 47.2 Å². The number of H-pyrrole nitrogens is 1. The summed E-state index contributed by atoms with van der Waals surface area (Å²) < 4.78 is 5.39. The molecule has 0 aliphatic carbocycles. The van der Waals surface area contributed by atoms with Crippen molar-refractivity contribution >= 4 is 16.8 Å². The Morgan fingerprint density at radius 2 is 2.38 bits per heavy atom. The molecule has 21 heavy (non-hydrogen) atoms. The zero-order valence-corrected chi connectivity index (χ0v) is 12.1. The van der Waals surface area contributed by atoms with Gasteiger partial charge in [-0.1, -0.05) is 6.07 Å². The number of methoxy groups -OCH3 is 1. The Morgan fingerprint density at radius 1 is 1.52 bits per heavy atom. The number of benzene rings is 1. The molecule has 2 heterocycles. The number of hydrogen-bond acceptors (Lipinski definition) is 3. The number of carbonyl (C=O) groups excluding carboxylic acids is 1. The summed E-state index contributed by atoms with van der Waals surface area (Å²) in [6.45, 7) is 1.17. The maximum atomic E-state index is 12.4. The zero-order valence-electron chi connectivity index (χ0n) is 12.1. The molecule has 0 bridgehead atoms. The summed E-state index contributed by atoms with van der Waals surface area (Å²) in [5, 5.41) is 10.7. The third kappa shape index (κ3) is 2.74. The normalized spacial score (nSPS) is 19.0. The number of piperidine rings is 1. The molecule has 0 saturated carbocycles. The van der Waals surface area contributed by atoms with Crippen molar-refractivity contribution < 1.29 is 14.6 Å². The first kappa shape index (κ1) is 13.9. The molecule has 1 saturated heterocycles. The molecule has 1 aromatic carbocycles. The molecule has 2 aromatic rings. The predicted octanol–water partition coefficient (Wildman–Crippen LogP) is 1.70. The summed E-state index contributed by atoms with van der Waals surface area (Å²) in [5.74, 6) is 0.829. The van der Waals surface area contributed by atoms with E-state index in [0.29, 0.717) is 13.0 Å². The second kappa shape index (κ2) is 5.77. The van der Waals surface area contributed by atoms with Crippen LogP contribution in [0.4, 0.5) is 0 Å². The molecule has 1 atom stereocenters. The Kier molecular flexibility index (Phi) is 3.84. The Morgan fingerprint density at radius 3 is 3.14 bits per heavy atom. The number of likely N-dealkylation sites (tertiary alicyclic amines) is 1. The molecule has 2 N–H and O–H groups in total. The third-order valence-corrected chi connectivity index (χ3v) is 4.06. The van der Waals surface area contributed by atoms with Crippen molar-refractivity contribution in [2.24, 2.45) is 0 Å². The van der Waals surface area contributed by atoms with Gasteiger partial charge in [0.2, 0.25) is 5.91 Å². The molecule has 1 fully saturated rings. The van der Waals surface area contributed by atoms with E-state index in [4.69, 9.17) is 4.74 Å². The predicted molar refractivity (Wildman–Crippen MR) is 80.4 cm³/mol. The van der Waals surface area contributed by atoms with Crippen LogP contribution in [-0.2, 0) is 11.2 Å². The molecular formula is C16H20N2O3. The number of hydrogen-bond donors (Lipinski definition) is 2. The third-order valence-electron chi connectivity index (χ3n) is 4.06. The lowest BCUT2D eigenvalue weighted by atomic mass is 10.1. The number of nitrogens with zero attached hydrogens (tertiary/aromatic N) is 1. The number of carbonyl (C=O) groups is 1. The monoisotopic (exact) mass is 288 g/mol. The van der Waals surface area contributed by atoms with Crippen molar-refractivity contribution in [3.63, 3.8) is 0 Å². The average Bonchev–Trinajstić information content (AvgIpc) is 2.90. The SMILES string of the molecule is COc1cccc2[nH]cc(CC(=O)N3CCCC(O)C3)c12. The van der Waals surface area contributed by atoms with E-state index in [-0.39, 0.29) is 12.0 Å². The number of rotatable bonds is 3. The number of β-amino-alcohol motifs (C(OH)–C–C–N with tert-alkyl or cyclic N) is 1. The minimum atomic E-state index is -0.389. The van der Waals surface area contributed by atoms with E-state index >= 15 is 0 Å². The van der Waals surface area contributed by atoms with Gasteiger partial charge in [0.05, 0.1) is 19.6 Å². The molecule has 1 unspecified atom stereocenters. The summed E-state index contributed by atoms with van der Waals surface area (Å²) in [6, 6.07) is 5.79. The van der Waals surface area contributed by atoms with E-state index in [1.165, 1.54) is 0 Å². The lowest BCUT2D eigenvalue weighted by Crippen LogP contribution is -2.42. The van der Waals surface area contributed by atoms with Gasteiger partial charge in [-0.2, -0.15) is 0 Å². The second-order valence-corrected chi connectivity index (χ2v) is 5.51. The molecule has 5 heteroatoms. The van der Waals surface area contributed by atoms with Gasteiger partial charge in [0.1, 0.15) is 5.75 Å². The number of aliphatic hydroxyl groups excluding tert-OH is 1. The van der Waals surface area contributed by atoms with Crippen molar-refractivity contribution in [3.05, 3.63) is 30.0 Å². The molecular weight excluding hydrogens is 268 g/mol. The fourth-order valence-corrected chi connectivity index (χ4v) is 2.99. The maximum absolute atomic E-state index is 12.4. The average molecular weight is 288 g/mol. The standard InChI is InChI=1S/C16H20N2O3/c1-21-14-6-2-5-13-16(14)11(9-17-13)8-15(20)18-7-3-4-12(19)10-18/h2,5-6,9,12,17,19H,3-4,7-8,10H2,1H3. The first-order valence-corrected chi connectivity index (χ1v) is 7.28. The topological polar surface area (TPSA) is 65.6 Å². The van der Waals surface area contributed by atoms with Gasteiger partial charge in [-0.25, -0.2) is 0 Å². The molecule has 0 spiro atoms. The highest BCUT2D eigenvalue weighted by atomic mass is 16.5. The van der Waals surface area contributed by atoms with Crippen molar-refractivity contribution in [1.29, 1.82) is 0 Å². The van der Waals surface area contributed by atoms with Gasteiger partial charge in [-0.3, -0.25) is 4.79 Å². The van der Waals surface area contributed by atoms with E-state index in [2.05, 4.69) is 4.98 Å². The van der Waals surface area contributed by atoms with Crippen LogP contribution in [0.3, 0.4) is 0 Å². The minimum Gasteiger partial charge on any atom is -0.496 e. The molecule has 112 valence electrons. The lowest BCUT2D eigenvalue weighted by Gasteiger charge is -2.30. The van der Waals surface area contributed by atoms with Gasteiger partial charge in [0, 0.05) is 30.2 Å². The maximum Gasteiger partial charge on any atom is 0.227 e. The number of aromatic amines is 1. The second-order valence-electron chi connectivity index (χ2n) is 5.51. The molecule has 1 amide bonds. The van der Waals surface area contributed by atoms with E-state index in [1.807, 2.05) is 24.4 Å². The fraction of sp³-hybridized carbons (Fsp3) is 0.438. The Bertz CT molecular complexity index is 650. The molecule has 1 aliphatic heterocycles. The molecule has 3 rings (SSSR count). The Hall–Kier alpha value is -2.01. The Balaban J connectivity index is 1.83.